The van der Waals surface area contributed by atoms with Crippen LogP contribution in [-0.2, 0) is 11.3 Å². The second-order valence-corrected chi connectivity index (χ2v) is 6.62. The quantitative estimate of drug-likeness (QED) is 0.309. The normalized spacial score (nSPS) is 12.4. The molecule has 0 aromatic heterocycles. The van der Waals surface area contributed by atoms with E-state index in [1.54, 1.807) is 6.08 Å². The lowest BCUT2D eigenvalue weighted by Crippen LogP contribution is -2.27. The molecule has 1 aliphatic heterocycles. The Balaban J connectivity index is 1.65. The van der Waals surface area contributed by atoms with Gasteiger partial charge < -0.3 is 4.90 Å². The van der Waals surface area contributed by atoms with E-state index in [2.05, 4.69) is 83.1 Å². The third-order valence-corrected chi connectivity index (χ3v) is 4.79. The van der Waals surface area contributed by atoms with Crippen LogP contribution in [-0.4, -0.2) is 5.91 Å². The van der Waals surface area contributed by atoms with Crippen molar-refractivity contribution in [1.29, 1.82) is 0 Å². The molecule has 4 heteroatoms. The van der Waals surface area contributed by atoms with Crippen molar-refractivity contribution in [3.8, 4) is 0 Å². The van der Waals surface area contributed by atoms with Gasteiger partial charge in [0.1, 0.15) is 0 Å². The predicted molar refractivity (Wildman–Crippen MR) is 115 cm³/mol. The van der Waals surface area contributed by atoms with Crippen molar-refractivity contribution >= 4 is 35.5 Å². The molecule has 1 amide bonds. The zero-order chi connectivity index (χ0) is 19.3. The number of amides is 1. The molecule has 4 nitrogen and oxygen atoms in total. The number of rotatable bonds is 4. The summed E-state index contributed by atoms with van der Waals surface area (Å²) >= 11 is 0. The smallest absolute Gasteiger partial charge is 0.257 e. The van der Waals surface area contributed by atoms with Crippen molar-refractivity contribution in [2.45, 2.75) is 6.54 Å². The molecule has 0 saturated heterocycles. The molecule has 3 aromatic carbocycles. The van der Waals surface area contributed by atoms with Gasteiger partial charge in [0.15, 0.2) is 0 Å². The average Bonchev–Trinajstić information content (AvgIpc) is 2.90. The van der Waals surface area contributed by atoms with Crippen LogP contribution in [0.1, 0.15) is 22.3 Å². The summed E-state index contributed by atoms with van der Waals surface area (Å²) < 4.78 is 0. The number of hydrogen-bond acceptors (Lipinski definition) is 3. The zero-order valence-electron chi connectivity index (χ0n) is 15.4. The largest absolute Gasteiger partial charge is 0.336 e. The Morgan fingerprint density at radius 3 is 2.00 bits per heavy atom. The number of carbonyl (C=O) groups excluding carboxylic acids is 1. The highest BCUT2D eigenvalue weighted by atomic mass is 16.2. The third kappa shape index (κ3) is 3.72. The molecule has 138 valence electrons. The van der Waals surface area contributed by atoms with Crippen LogP contribution < -0.4 is 16.2 Å². The van der Waals surface area contributed by atoms with Gasteiger partial charge >= 0.3 is 0 Å². The van der Waals surface area contributed by atoms with Crippen molar-refractivity contribution in [3.05, 3.63) is 101 Å². The molecular weight excluding hydrogens is 346 g/mol. The summed E-state index contributed by atoms with van der Waals surface area (Å²) in [7, 11) is 0. The number of nitrogens with zero attached hydrogens (tertiary/aromatic N) is 1. The number of hydrogen-bond donors (Lipinski definition) is 2. The van der Waals surface area contributed by atoms with Gasteiger partial charge in [-0.25, -0.2) is 5.84 Å². The van der Waals surface area contributed by atoms with Crippen LogP contribution >= 0.6 is 0 Å². The lowest BCUT2D eigenvalue weighted by Gasteiger charge is -2.27. The Morgan fingerprint density at radius 1 is 0.857 bits per heavy atom. The van der Waals surface area contributed by atoms with E-state index in [9.17, 15) is 4.79 Å². The van der Waals surface area contributed by atoms with Crippen molar-refractivity contribution in [2.24, 2.45) is 5.84 Å². The van der Waals surface area contributed by atoms with E-state index in [-0.39, 0.29) is 5.91 Å². The molecule has 1 heterocycles. The first-order valence-corrected chi connectivity index (χ1v) is 9.16. The topological polar surface area (TPSA) is 58.4 Å². The van der Waals surface area contributed by atoms with Crippen molar-refractivity contribution < 1.29 is 4.79 Å². The number of nitrogens with two attached hydrogens (primary N) is 1. The zero-order valence-corrected chi connectivity index (χ0v) is 15.4. The number of fused-ring (bicyclic) bond motifs is 2. The third-order valence-electron chi connectivity index (χ3n) is 4.79. The van der Waals surface area contributed by atoms with Crippen LogP contribution in [0.2, 0.25) is 0 Å². The summed E-state index contributed by atoms with van der Waals surface area (Å²) in [6.45, 7) is 0.753. The van der Waals surface area contributed by atoms with E-state index in [1.807, 2.05) is 12.1 Å². The molecule has 0 spiro atoms. The first kappa shape index (κ1) is 17.8. The SMILES string of the molecule is NNC(=O)/C=C/c1ccc(CN2c3ccccc3C=Cc3ccccc32)cc1. The summed E-state index contributed by atoms with van der Waals surface area (Å²) in [5.41, 5.74) is 9.00. The van der Waals surface area contributed by atoms with Crippen molar-refractivity contribution in [1.82, 2.24) is 5.43 Å². The van der Waals surface area contributed by atoms with Gasteiger partial charge in [-0.15, -0.1) is 0 Å². The molecule has 3 aromatic rings. The minimum absolute atomic E-state index is 0.325. The number of anilines is 2. The van der Waals surface area contributed by atoms with Crippen LogP contribution in [0, 0.1) is 0 Å². The lowest BCUT2D eigenvalue weighted by molar-refractivity contribution is -0.116. The molecule has 4 rings (SSSR count). The van der Waals surface area contributed by atoms with E-state index in [0.29, 0.717) is 0 Å². The molecule has 0 bridgehead atoms. The second kappa shape index (κ2) is 7.94. The van der Waals surface area contributed by atoms with Gasteiger partial charge in [0, 0.05) is 24.0 Å². The Bertz CT molecular complexity index is 1000. The molecule has 1 aliphatic rings. The minimum Gasteiger partial charge on any atom is -0.336 e. The van der Waals surface area contributed by atoms with E-state index in [1.165, 1.54) is 34.1 Å². The molecule has 28 heavy (non-hydrogen) atoms. The summed E-state index contributed by atoms with van der Waals surface area (Å²) in [4.78, 5) is 13.6. The van der Waals surface area contributed by atoms with Gasteiger partial charge in [-0.05, 0) is 40.5 Å². The van der Waals surface area contributed by atoms with E-state index >= 15 is 0 Å². The molecule has 0 atom stereocenters. The molecule has 0 aliphatic carbocycles. The fraction of sp³-hybridized carbons (Fsp3) is 0.0417. The standard InChI is InChI=1S/C24H21N3O/c25-26-24(28)16-13-18-9-11-19(12-10-18)17-27-22-7-3-1-5-20(22)14-15-21-6-2-4-8-23(21)27/h1-16H,17,25H2,(H,26,28)/b16-13+. The summed E-state index contributed by atoms with van der Waals surface area (Å²) in [5.74, 6) is 4.77. The monoisotopic (exact) mass is 367 g/mol. The highest BCUT2D eigenvalue weighted by Crippen LogP contribution is 2.37. The fourth-order valence-electron chi connectivity index (χ4n) is 3.36. The molecule has 0 unspecified atom stereocenters. The summed E-state index contributed by atoms with van der Waals surface area (Å²) in [6.07, 6.45) is 7.50. The van der Waals surface area contributed by atoms with Gasteiger partial charge in [0.2, 0.25) is 0 Å². The number of carbonyl (C=O) groups is 1. The molecule has 3 N–H and O–H groups in total. The van der Waals surface area contributed by atoms with E-state index in [4.69, 9.17) is 5.84 Å². The number of hydrazine groups is 1. The molecule has 0 fully saturated rings. The molecule has 0 saturated carbocycles. The highest BCUT2D eigenvalue weighted by Gasteiger charge is 2.17. The Hall–Kier alpha value is -3.63. The highest BCUT2D eigenvalue weighted by molar-refractivity contribution is 5.91. The maximum absolute atomic E-state index is 11.2. The van der Waals surface area contributed by atoms with Crippen LogP contribution in [0.15, 0.2) is 78.9 Å². The summed E-state index contributed by atoms with van der Waals surface area (Å²) in [6, 6.07) is 25.1. The Labute approximate surface area is 164 Å². The van der Waals surface area contributed by atoms with Gasteiger partial charge in [-0.1, -0.05) is 72.8 Å². The first-order chi connectivity index (χ1) is 13.7. The lowest BCUT2D eigenvalue weighted by atomic mass is 10.1. The minimum atomic E-state index is -0.325. The number of para-hydroxylation sites is 2. The number of nitrogens with one attached hydrogen (secondary N) is 1. The van der Waals surface area contributed by atoms with Gasteiger partial charge in [-0.3, -0.25) is 10.2 Å². The Morgan fingerprint density at radius 2 is 1.43 bits per heavy atom. The fourth-order valence-corrected chi connectivity index (χ4v) is 3.36. The first-order valence-electron chi connectivity index (χ1n) is 9.16. The van der Waals surface area contributed by atoms with Crippen LogP contribution in [0.3, 0.4) is 0 Å². The molecule has 0 radical (unpaired) electrons. The maximum atomic E-state index is 11.2. The second-order valence-electron chi connectivity index (χ2n) is 6.62. The van der Waals surface area contributed by atoms with E-state index in [0.717, 1.165) is 12.1 Å². The van der Waals surface area contributed by atoms with Gasteiger partial charge in [0.05, 0.1) is 0 Å². The maximum Gasteiger partial charge on any atom is 0.257 e. The van der Waals surface area contributed by atoms with Gasteiger partial charge in [0.25, 0.3) is 5.91 Å². The van der Waals surface area contributed by atoms with Crippen molar-refractivity contribution in [2.75, 3.05) is 4.90 Å². The predicted octanol–water partition coefficient (Wildman–Crippen LogP) is 4.51. The Kier molecular flexibility index (Phi) is 5.04. The average molecular weight is 367 g/mol. The van der Waals surface area contributed by atoms with Crippen LogP contribution in [0.5, 0.6) is 0 Å². The van der Waals surface area contributed by atoms with Crippen LogP contribution in [0.25, 0.3) is 18.2 Å². The van der Waals surface area contributed by atoms with Crippen molar-refractivity contribution in [3.63, 3.8) is 0 Å². The summed E-state index contributed by atoms with van der Waals surface area (Å²) in [5, 5.41) is 0. The van der Waals surface area contributed by atoms with Crippen LogP contribution in [0.4, 0.5) is 11.4 Å². The van der Waals surface area contributed by atoms with E-state index < -0.39 is 0 Å². The van der Waals surface area contributed by atoms with Gasteiger partial charge in [-0.2, -0.15) is 0 Å². The molecular formula is C24H21N3O. The number of benzene rings is 3.